The maximum atomic E-state index is 15.1. The van der Waals surface area contributed by atoms with E-state index >= 15 is 4.39 Å². The van der Waals surface area contributed by atoms with Gasteiger partial charge in [0, 0.05) is 38.0 Å². The van der Waals surface area contributed by atoms with Crippen LogP contribution in [0.1, 0.15) is 5.56 Å². The molecule has 3 amide bonds. The molecular weight excluding hydrogens is 666 g/mol. The molecule has 246 valence electrons. The number of rotatable bonds is 8. The number of ether oxygens (including phenoxy) is 1. The second-order valence-electron chi connectivity index (χ2n) is 10.1. The van der Waals surface area contributed by atoms with Crippen molar-refractivity contribution in [2.75, 3.05) is 42.1 Å². The number of halogens is 4. The van der Waals surface area contributed by atoms with Crippen LogP contribution in [0, 0.1) is 5.82 Å². The normalized spacial score (nSPS) is 14.6. The van der Waals surface area contributed by atoms with Gasteiger partial charge in [0.05, 0.1) is 34.3 Å². The van der Waals surface area contributed by atoms with Crippen LogP contribution in [-0.4, -0.2) is 72.8 Å². The highest BCUT2D eigenvalue weighted by molar-refractivity contribution is 8.15. The first-order valence-electron chi connectivity index (χ1n) is 13.5. The Morgan fingerprint density at radius 1 is 1.11 bits per heavy atom. The van der Waals surface area contributed by atoms with E-state index in [4.69, 9.17) is 4.74 Å². The van der Waals surface area contributed by atoms with Crippen LogP contribution in [0.4, 0.5) is 39.4 Å². The predicted molar refractivity (Wildman–Crippen MR) is 168 cm³/mol. The number of urea groups is 1. The molecule has 0 radical (unpaired) electrons. The van der Waals surface area contributed by atoms with E-state index in [9.17, 15) is 31.2 Å². The molecule has 1 saturated heterocycles. The highest BCUT2D eigenvalue weighted by atomic mass is 32.2. The minimum Gasteiger partial charge on any atom is -0.380 e. The molecule has 0 saturated carbocycles. The Bertz CT molecular complexity index is 1980. The SMILES string of the molecule is COCc1ccc(N(C)C)cc1N1C(=O)CSC1=NC(=O)Nc1ccc(-c2ncn(-c3ccc(S(=O)(=O)C(F)(F)F)cc3)n2)cc1F. The molecule has 1 N–H and O–H groups in total. The summed E-state index contributed by atoms with van der Waals surface area (Å²) < 4.78 is 83.2. The van der Waals surface area contributed by atoms with Crippen LogP contribution in [0.2, 0.25) is 0 Å². The minimum atomic E-state index is -5.51. The monoisotopic (exact) mass is 691 g/mol. The van der Waals surface area contributed by atoms with Gasteiger partial charge < -0.3 is 15.0 Å². The van der Waals surface area contributed by atoms with E-state index < -0.39 is 32.1 Å². The number of methoxy groups -OCH3 is 1. The van der Waals surface area contributed by atoms with Gasteiger partial charge in [-0.1, -0.05) is 17.8 Å². The zero-order chi connectivity index (χ0) is 34.1. The Morgan fingerprint density at radius 2 is 1.83 bits per heavy atom. The van der Waals surface area contributed by atoms with Gasteiger partial charge in [0.15, 0.2) is 11.0 Å². The number of carbonyl (C=O) groups excluding carboxylic acids is 2. The first-order chi connectivity index (χ1) is 22.2. The van der Waals surface area contributed by atoms with Gasteiger partial charge in [-0.2, -0.15) is 18.2 Å². The lowest BCUT2D eigenvalue weighted by molar-refractivity contribution is -0.115. The number of sulfone groups is 1. The van der Waals surface area contributed by atoms with Gasteiger partial charge in [-0.3, -0.25) is 9.69 Å². The molecule has 18 heteroatoms. The molecule has 4 aromatic rings. The van der Waals surface area contributed by atoms with Crippen molar-refractivity contribution in [2.24, 2.45) is 4.99 Å². The molecule has 1 aliphatic rings. The van der Waals surface area contributed by atoms with Crippen LogP contribution in [0.5, 0.6) is 0 Å². The molecule has 1 fully saturated rings. The van der Waals surface area contributed by atoms with Crippen molar-refractivity contribution >= 4 is 55.8 Å². The number of amides is 3. The van der Waals surface area contributed by atoms with Gasteiger partial charge in [0.1, 0.15) is 12.1 Å². The second-order valence-corrected chi connectivity index (χ2v) is 13.0. The van der Waals surface area contributed by atoms with Gasteiger partial charge >= 0.3 is 11.5 Å². The van der Waals surface area contributed by atoms with E-state index in [0.29, 0.717) is 11.3 Å². The van der Waals surface area contributed by atoms with Gasteiger partial charge in [-0.15, -0.1) is 5.10 Å². The summed E-state index contributed by atoms with van der Waals surface area (Å²) in [6, 6.07) is 12.1. The lowest BCUT2D eigenvalue weighted by Crippen LogP contribution is -2.31. The number of benzene rings is 3. The zero-order valence-electron chi connectivity index (χ0n) is 24.8. The molecule has 5 rings (SSSR count). The molecule has 1 aliphatic heterocycles. The highest BCUT2D eigenvalue weighted by Crippen LogP contribution is 2.34. The Balaban J connectivity index is 1.33. The van der Waals surface area contributed by atoms with Gasteiger partial charge in [-0.05, 0) is 54.6 Å². The molecule has 12 nitrogen and oxygen atoms in total. The fraction of sp³-hybridized carbons (Fsp3) is 0.207. The topological polar surface area (TPSA) is 139 Å². The Morgan fingerprint density at radius 3 is 2.47 bits per heavy atom. The predicted octanol–water partition coefficient (Wildman–Crippen LogP) is 5.25. The maximum absolute atomic E-state index is 15.1. The summed E-state index contributed by atoms with van der Waals surface area (Å²) in [6.45, 7) is 0.209. The molecule has 47 heavy (non-hydrogen) atoms. The summed E-state index contributed by atoms with van der Waals surface area (Å²) in [4.78, 5) is 36.1. The van der Waals surface area contributed by atoms with Crippen molar-refractivity contribution in [3.63, 3.8) is 0 Å². The van der Waals surface area contributed by atoms with E-state index in [1.165, 1.54) is 35.2 Å². The summed E-state index contributed by atoms with van der Waals surface area (Å²) in [5, 5.41) is 6.66. The van der Waals surface area contributed by atoms with E-state index in [0.717, 1.165) is 47.8 Å². The number of carbonyl (C=O) groups is 2. The summed E-state index contributed by atoms with van der Waals surface area (Å²) in [5.41, 5.74) is -3.23. The second kappa shape index (κ2) is 13.1. The summed E-state index contributed by atoms with van der Waals surface area (Å²) in [5.74, 6) is -1.05. The number of alkyl halides is 3. The van der Waals surface area contributed by atoms with Crippen LogP contribution in [0.3, 0.4) is 0 Å². The average Bonchev–Trinajstić information content (AvgIpc) is 3.65. The molecule has 0 unspecified atom stereocenters. The molecular formula is C29H25F4N7O5S2. The lowest BCUT2D eigenvalue weighted by Gasteiger charge is -2.22. The molecule has 0 spiro atoms. The minimum absolute atomic E-state index is 0.0392. The third-order valence-electron chi connectivity index (χ3n) is 6.77. The quantitative estimate of drug-likeness (QED) is 0.246. The van der Waals surface area contributed by atoms with Crippen molar-refractivity contribution in [3.8, 4) is 17.1 Å². The van der Waals surface area contributed by atoms with E-state index in [1.54, 1.807) is 6.07 Å². The van der Waals surface area contributed by atoms with E-state index in [-0.39, 0.29) is 46.2 Å². The standard InChI is InChI=1S/C29H25F4N7O5S2/c1-38(2)20-6-4-18(14-45-3)24(13-20)40-25(41)15-46-28(40)36-27(42)35-23-11-5-17(12-22(23)30)26-34-16-39(37-26)19-7-9-21(10-8-19)47(43,44)29(31,32)33/h4-13,16H,14-15H2,1-3H3,(H,35,42). The third kappa shape index (κ3) is 6.98. The van der Waals surface area contributed by atoms with E-state index in [2.05, 4.69) is 20.4 Å². The highest BCUT2D eigenvalue weighted by Gasteiger charge is 2.46. The number of hydrogen-bond donors (Lipinski definition) is 1. The van der Waals surface area contributed by atoms with Gasteiger partial charge in [0.25, 0.3) is 9.84 Å². The third-order valence-corrected chi connectivity index (χ3v) is 9.19. The number of hydrogen-bond acceptors (Lipinski definition) is 9. The fourth-order valence-corrected chi connectivity index (χ4v) is 6.03. The summed E-state index contributed by atoms with van der Waals surface area (Å²) in [7, 11) is -0.301. The van der Waals surface area contributed by atoms with Crippen LogP contribution in [0.15, 0.2) is 76.9 Å². The number of amidine groups is 1. The number of nitrogens with zero attached hydrogens (tertiary/aromatic N) is 6. The number of anilines is 3. The van der Waals surface area contributed by atoms with E-state index in [1.807, 2.05) is 31.1 Å². The number of aliphatic imine (C=N–C) groups is 1. The number of aromatic nitrogens is 3. The summed E-state index contributed by atoms with van der Waals surface area (Å²) in [6.07, 6.45) is 1.21. The Hall–Kier alpha value is -4.81. The molecule has 3 aromatic carbocycles. The summed E-state index contributed by atoms with van der Waals surface area (Å²) >= 11 is 1.06. The Kier molecular flexibility index (Phi) is 9.37. The molecule has 0 aliphatic carbocycles. The molecule has 0 atom stereocenters. The molecule has 2 heterocycles. The number of thioether (sulfide) groups is 1. The molecule has 1 aromatic heterocycles. The Labute approximate surface area is 270 Å². The number of nitrogens with one attached hydrogen (secondary N) is 1. The lowest BCUT2D eigenvalue weighted by atomic mass is 10.1. The van der Waals surface area contributed by atoms with Crippen molar-refractivity contribution in [2.45, 2.75) is 17.0 Å². The first kappa shape index (κ1) is 33.6. The smallest absolute Gasteiger partial charge is 0.380 e. The molecule has 0 bridgehead atoms. The average molecular weight is 692 g/mol. The van der Waals surface area contributed by atoms with Crippen molar-refractivity contribution < 1.29 is 40.3 Å². The largest absolute Gasteiger partial charge is 0.501 e. The van der Waals surface area contributed by atoms with Crippen molar-refractivity contribution in [1.82, 2.24) is 14.8 Å². The van der Waals surface area contributed by atoms with Crippen LogP contribution in [0.25, 0.3) is 17.1 Å². The van der Waals surface area contributed by atoms with Crippen LogP contribution >= 0.6 is 11.8 Å². The van der Waals surface area contributed by atoms with Gasteiger partial charge in [-0.25, -0.2) is 27.3 Å². The van der Waals surface area contributed by atoms with Crippen molar-refractivity contribution in [1.29, 1.82) is 0 Å². The maximum Gasteiger partial charge on any atom is 0.501 e. The first-order valence-corrected chi connectivity index (χ1v) is 15.9. The van der Waals surface area contributed by atoms with Crippen LogP contribution < -0.4 is 15.1 Å². The fourth-order valence-electron chi connectivity index (χ4n) is 4.41. The van der Waals surface area contributed by atoms with Gasteiger partial charge in [0.2, 0.25) is 5.91 Å². The zero-order valence-corrected chi connectivity index (χ0v) is 26.5. The van der Waals surface area contributed by atoms with Crippen molar-refractivity contribution in [3.05, 3.63) is 78.4 Å². The van der Waals surface area contributed by atoms with Crippen LogP contribution in [-0.2, 0) is 26.0 Å².